The second kappa shape index (κ2) is 5.59. The lowest BCUT2D eigenvalue weighted by atomic mass is 10.2. The van der Waals surface area contributed by atoms with Crippen LogP contribution in [0.15, 0.2) is 9.32 Å². The molecule has 22 heavy (non-hydrogen) atoms. The van der Waals surface area contributed by atoms with Gasteiger partial charge in [0.1, 0.15) is 5.76 Å². The Kier molecular flexibility index (Phi) is 3.76. The minimum absolute atomic E-state index is 0.0226. The van der Waals surface area contributed by atoms with E-state index < -0.39 is 0 Å². The van der Waals surface area contributed by atoms with Crippen molar-refractivity contribution in [2.24, 2.45) is 0 Å². The maximum Gasteiger partial charge on any atom is 0.258 e. The fourth-order valence-corrected chi connectivity index (χ4v) is 2.93. The first-order chi connectivity index (χ1) is 10.5. The van der Waals surface area contributed by atoms with Gasteiger partial charge in [-0.1, -0.05) is 5.16 Å². The highest BCUT2D eigenvalue weighted by atomic mass is 16.5. The van der Waals surface area contributed by atoms with Crippen LogP contribution >= 0.6 is 0 Å². The van der Waals surface area contributed by atoms with E-state index in [-0.39, 0.29) is 5.56 Å². The van der Waals surface area contributed by atoms with Crippen molar-refractivity contribution in [2.45, 2.75) is 47.1 Å². The first-order valence-electron chi connectivity index (χ1n) is 7.73. The van der Waals surface area contributed by atoms with Crippen LogP contribution in [0.4, 0.5) is 5.95 Å². The van der Waals surface area contributed by atoms with Crippen molar-refractivity contribution in [1.82, 2.24) is 14.7 Å². The van der Waals surface area contributed by atoms with Gasteiger partial charge < -0.3 is 9.42 Å². The van der Waals surface area contributed by atoms with Crippen molar-refractivity contribution in [3.63, 3.8) is 0 Å². The van der Waals surface area contributed by atoms with E-state index in [2.05, 4.69) is 10.1 Å². The van der Waals surface area contributed by atoms with Gasteiger partial charge in [-0.25, -0.2) is 4.98 Å². The standard InChI is InChI=1S/C16H22N4O2/c1-10-11(2)17-16(19-7-5-6-8-19)20(15(10)21)9-14-12(3)18-22-13(14)4/h5-9H2,1-4H3. The third-order valence-electron chi connectivity index (χ3n) is 4.50. The van der Waals surface area contributed by atoms with Gasteiger partial charge in [0.05, 0.1) is 12.2 Å². The number of nitrogens with zero attached hydrogens (tertiary/aromatic N) is 4. The Labute approximate surface area is 129 Å². The Balaban J connectivity index is 2.12. The summed E-state index contributed by atoms with van der Waals surface area (Å²) < 4.78 is 6.99. The van der Waals surface area contributed by atoms with E-state index in [4.69, 9.17) is 9.51 Å². The molecule has 118 valence electrons. The molecule has 1 saturated heterocycles. The maximum absolute atomic E-state index is 12.8. The molecule has 1 fully saturated rings. The van der Waals surface area contributed by atoms with Crippen LogP contribution in [-0.2, 0) is 6.54 Å². The zero-order valence-electron chi connectivity index (χ0n) is 13.6. The fraction of sp³-hybridized carbons (Fsp3) is 0.562. The molecule has 6 heteroatoms. The summed E-state index contributed by atoms with van der Waals surface area (Å²) in [6.07, 6.45) is 2.29. The highest BCUT2D eigenvalue weighted by Gasteiger charge is 2.22. The summed E-state index contributed by atoms with van der Waals surface area (Å²) in [5.74, 6) is 1.53. The largest absolute Gasteiger partial charge is 0.361 e. The van der Waals surface area contributed by atoms with Gasteiger partial charge >= 0.3 is 0 Å². The van der Waals surface area contributed by atoms with E-state index in [1.165, 1.54) is 0 Å². The topological polar surface area (TPSA) is 64.2 Å². The predicted molar refractivity (Wildman–Crippen MR) is 84.5 cm³/mol. The predicted octanol–water partition coefficient (Wildman–Crippen LogP) is 2.11. The molecule has 2 aromatic heterocycles. The second-order valence-electron chi connectivity index (χ2n) is 6.01. The molecule has 3 heterocycles. The van der Waals surface area contributed by atoms with Crippen molar-refractivity contribution >= 4 is 5.95 Å². The zero-order valence-corrected chi connectivity index (χ0v) is 13.6. The van der Waals surface area contributed by atoms with Gasteiger partial charge in [0.25, 0.3) is 5.56 Å². The molecule has 0 spiro atoms. The number of anilines is 1. The summed E-state index contributed by atoms with van der Waals surface area (Å²) in [7, 11) is 0. The minimum Gasteiger partial charge on any atom is -0.361 e. The number of hydrogen-bond acceptors (Lipinski definition) is 5. The van der Waals surface area contributed by atoms with E-state index in [9.17, 15) is 4.79 Å². The molecule has 0 radical (unpaired) electrons. The van der Waals surface area contributed by atoms with Crippen LogP contribution in [0.1, 0.15) is 41.1 Å². The van der Waals surface area contributed by atoms with Gasteiger partial charge in [-0.2, -0.15) is 0 Å². The summed E-state index contributed by atoms with van der Waals surface area (Å²) in [4.78, 5) is 19.7. The van der Waals surface area contributed by atoms with Crippen molar-refractivity contribution in [2.75, 3.05) is 18.0 Å². The third kappa shape index (κ3) is 2.42. The molecule has 2 aromatic rings. The quantitative estimate of drug-likeness (QED) is 0.869. The van der Waals surface area contributed by atoms with Gasteiger partial charge in [0, 0.05) is 29.9 Å². The van der Waals surface area contributed by atoms with Gasteiger partial charge in [-0.15, -0.1) is 0 Å². The Morgan fingerprint density at radius 1 is 1.09 bits per heavy atom. The smallest absolute Gasteiger partial charge is 0.258 e. The minimum atomic E-state index is 0.0226. The number of aromatic nitrogens is 3. The SMILES string of the molecule is Cc1noc(C)c1Cn1c(N2CCCC2)nc(C)c(C)c1=O. The second-order valence-corrected chi connectivity index (χ2v) is 6.01. The Morgan fingerprint density at radius 2 is 1.77 bits per heavy atom. The normalized spacial score (nSPS) is 14.8. The van der Waals surface area contributed by atoms with Gasteiger partial charge in [-0.05, 0) is 40.5 Å². The summed E-state index contributed by atoms with van der Waals surface area (Å²) in [5, 5.41) is 3.98. The van der Waals surface area contributed by atoms with Crippen LogP contribution in [0.2, 0.25) is 0 Å². The average Bonchev–Trinajstić information content (AvgIpc) is 3.12. The molecule has 0 aliphatic carbocycles. The summed E-state index contributed by atoms with van der Waals surface area (Å²) >= 11 is 0. The molecule has 1 aliphatic heterocycles. The van der Waals surface area contributed by atoms with E-state index in [0.717, 1.165) is 54.6 Å². The van der Waals surface area contributed by atoms with Gasteiger partial charge in [-0.3, -0.25) is 9.36 Å². The van der Waals surface area contributed by atoms with Gasteiger partial charge in [0.15, 0.2) is 0 Å². The monoisotopic (exact) mass is 302 g/mol. The van der Waals surface area contributed by atoms with E-state index in [0.29, 0.717) is 12.1 Å². The highest BCUT2D eigenvalue weighted by Crippen LogP contribution is 2.21. The Bertz CT molecular complexity index is 735. The van der Waals surface area contributed by atoms with Crippen LogP contribution in [0.25, 0.3) is 0 Å². The number of hydrogen-bond donors (Lipinski definition) is 0. The molecule has 0 saturated carbocycles. The summed E-state index contributed by atoms with van der Waals surface area (Å²) in [5.41, 5.74) is 3.33. The maximum atomic E-state index is 12.8. The van der Waals surface area contributed by atoms with Crippen molar-refractivity contribution in [3.05, 3.63) is 38.6 Å². The molecule has 0 N–H and O–H groups in total. The third-order valence-corrected chi connectivity index (χ3v) is 4.50. The zero-order chi connectivity index (χ0) is 15.9. The van der Waals surface area contributed by atoms with Crippen LogP contribution in [0.3, 0.4) is 0 Å². The first-order valence-corrected chi connectivity index (χ1v) is 7.73. The number of aryl methyl sites for hydroxylation is 3. The summed E-state index contributed by atoms with van der Waals surface area (Å²) in [6.45, 7) is 9.89. The molecular weight excluding hydrogens is 280 g/mol. The van der Waals surface area contributed by atoms with Crippen LogP contribution in [0, 0.1) is 27.7 Å². The Hall–Kier alpha value is -2.11. The molecule has 0 atom stereocenters. The van der Waals surface area contributed by atoms with E-state index in [1.54, 1.807) is 4.57 Å². The summed E-state index contributed by atoms with van der Waals surface area (Å²) in [6, 6.07) is 0. The molecule has 0 bridgehead atoms. The fourth-order valence-electron chi connectivity index (χ4n) is 2.93. The lowest BCUT2D eigenvalue weighted by molar-refractivity contribution is 0.392. The molecule has 3 rings (SSSR count). The van der Waals surface area contributed by atoms with E-state index >= 15 is 0 Å². The Morgan fingerprint density at radius 3 is 2.36 bits per heavy atom. The van der Waals surface area contributed by atoms with Crippen LogP contribution in [-0.4, -0.2) is 27.8 Å². The molecule has 0 unspecified atom stereocenters. The molecule has 6 nitrogen and oxygen atoms in total. The molecular formula is C16H22N4O2. The highest BCUT2D eigenvalue weighted by molar-refractivity contribution is 5.37. The number of rotatable bonds is 3. The van der Waals surface area contributed by atoms with Crippen LogP contribution in [0.5, 0.6) is 0 Å². The van der Waals surface area contributed by atoms with Crippen molar-refractivity contribution < 1.29 is 4.52 Å². The molecule has 1 aliphatic rings. The molecule has 0 aromatic carbocycles. The van der Waals surface area contributed by atoms with E-state index in [1.807, 2.05) is 27.7 Å². The van der Waals surface area contributed by atoms with Gasteiger partial charge in [0.2, 0.25) is 5.95 Å². The lowest BCUT2D eigenvalue weighted by Gasteiger charge is -2.22. The van der Waals surface area contributed by atoms with Crippen molar-refractivity contribution in [1.29, 1.82) is 0 Å². The first kappa shape index (κ1) is 14.8. The lowest BCUT2D eigenvalue weighted by Crippen LogP contribution is -2.33. The molecule has 0 amide bonds. The average molecular weight is 302 g/mol. The van der Waals surface area contributed by atoms with Crippen LogP contribution < -0.4 is 10.5 Å². The van der Waals surface area contributed by atoms with Crippen molar-refractivity contribution in [3.8, 4) is 0 Å².